The van der Waals surface area contributed by atoms with Crippen LogP contribution in [0.1, 0.15) is 27.7 Å². The van der Waals surface area contributed by atoms with Crippen LogP contribution in [0.5, 0.6) is 0 Å². The third-order valence-corrected chi connectivity index (χ3v) is 2.17. The lowest BCUT2D eigenvalue weighted by molar-refractivity contribution is 0.0379. The molecule has 0 aromatic carbocycles. The van der Waals surface area contributed by atoms with E-state index < -0.39 is 0 Å². The van der Waals surface area contributed by atoms with Gasteiger partial charge in [-0.25, -0.2) is 0 Å². The largest absolute Gasteiger partial charge is 0.381 e. The molecule has 0 aliphatic carbocycles. The second-order valence-corrected chi connectivity index (χ2v) is 3.71. The topological polar surface area (TPSA) is 9.23 Å². The quantitative estimate of drug-likeness (QED) is 0.592. The molecule has 0 spiro atoms. The normalized spacial score (nSPS) is 17.4. The smallest absolute Gasteiger partial charge is 0.0654 e. The van der Waals surface area contributed by atoms with Crippen LogP contribution in [0.25, 0.3) is 0 Å². The van der Waals surface area contributed by atoms with Gasteiger partial charge in [0.2, 0.25) is 0 Å². The first kappa shape index (κ1) is 12.4. The van der Waals surface area contributed by atoms with Crippen LogP contribution in [0.3, 0.4) is 0 Å². The van der Waals surface area contributed by atoms with E-state index in [-0.39, 0.29) is 0 Å². The lowest BCUT2D eigenvalue weighted by Crippen LogP contribution is -2.24. The second kappa shape index (κ2) is 6.90. The zero-order valence-electron chi connectivity index (χ0n) is 9.45. The highest BCUT2D eigenvalue weighted by Crippen LogP contribution is 2.16. The fraction of sp³-hybridized carbons (Fsp3) is 0.667. The molecule has 2 atom stereocenters. The minimum atomic E-state index is 0.321. The molecule has 0 saturated heterocycles. The van der Waals surface area contributed by atoms with Crippen molar-refractivity contribution in [1.29, 1.82) is 0 Å². The van der Waals surface area contributed by atoms with Crippen molar-refractivity contribution < 1.29 is 4.74 Å². The van der Waals surface area contributed by atoms with Gasteiger partial charge in [0.15, 0.2) is 0 Å². The molecule has 0 radical (unpaired) electrons. The Morgan fingerprint density at radius 3 is 2.08 bits per heavy atom. The maximum Gasteiger partial charge on any atom is 0.0654 e. The maximum absolute atomic E-state index is 5.43. The van der Waals surface area contributed by atoms with E-state index >= 15 is 0 Å². The van der Waals surface area contributed by atoms with E-state index in [4.69, 9.17) is 4.74 Å². The van der Waals surface area contributed by atoms with Gasteiger partial charge in [-0.1, -0.05) is 45.1 Å². The summed E-state index contributed by atoms with van der Waals surface area (Å²) >= 11 is 0. The van der Waals surface area contributed by atoms with E-state index in [1.807, 2.05) is 19.1 Å². The van der Waals surface area contributed by atoms with Crippen molar-refractivity contribution >= 4 is 0 Å². The van der Waals surface area contributed by atoms with E-state index in [2.05, 4.69) is 32.9 Å². The van der Waals surface area contributed by atoms with Crippen molar-refractivity contribution in [2.75, 3.05) is 7.11 Å². The molecule has 76 valence electrons. The van der Waals surface area contributed by atoms with Gasteiger partial charge in [-0.15, -0.1) is 0 Å². The summed E-state index contributed by atoms with van der Waals surface area (Å²) in [4.78, 5) is 0. The number of rotatable bonds is 5. The van der Waals surface area contributed by atoms with Crippen molar-refractivity contribution in [3.63, 3.8) is 0 Å². The first-order valence-electron chi connectivity index (χ1n) is 4.95. The maximum atomic E-state index is 5.43. The first-order chi connectivity index (χ1) is 6.13. The predicted molar refractivity (Wildman–Crippen MR) is 58.8 cm³/mol. The van der Waals surface area contributed by atoms with Gasteiger partial charge in [0.05, 0.1) is 6.10 Å². The van der Waals surface area contributed by atoms with Gasteiger partial charge in [0.25, 0.3) is 0 Å². The highest BCUT2D eigenvalue weighted by atomic mass is 16.5. The molecule has 0 heterocycles. The molecule has 0 aromatic heterocycles. The number of hydrogen-bond donors (Lipinski definition) is 0. The lowest BCUT2D eigenvalue weighted by atomic mass is 9.94. The molecular weight excluding hydrogens is 160 g/mol. The van der Waals surface area contributed by atoms with Gasteiger partial charge in [-0.3, -0.25) is 0 Å². The Kier molecular flexibility index (Phi) is 6.61. The molecule has 0 rings (SSSR count). The highest BCUT2D eigenvalue weighted by molar-refractivity contribution is 5.03. The molecule has 1 heteroatoms. The van der Waals surface area contributed by atoms with Crippen LogP contribution in [-0.2, 0) is 4.74 Å². The molecule has 0 aliphatic rings. The summed E-state index contributed by atoms with van der Waals surface area (Å²) in [5.74, 6) is 1.04. The van der Waals surface area contributed by atoms with Crippen molar-refractivity contribution in [3.8, 4) is 0 Å². The predicted octanol–water partition coefficient (Wildman–Crippen LogP) is 3.43. The third-order valence-electron chi connectivity index (χ3n) is 2.17. The molecule has 0 aliphatic heterocycles. The number of methoxy groups -OCH3 is 1. The molecular formula is C12H22O. The summed E-state index contributed by atoms with van der Waals surface area (Å²) < 4.78 is 5.43. The van der Waals surface area contributed by atoms with Crippen LogP contribution in [0.4, 0.5) is 0 Å². The summed E-state index contributed by atoms with van der Waals surface area (Å²) in [6, 6.07) is 0. The molecule has 0 aromatic rings. The molecule has 0 N–H and O–H groups in total. The third kappa shape index (κ3) is 4.89. The molecule has 0 amide bonds. The Morgan fingerprint density at radius 1 is 1.08 bits per heavy atom. The van der Waals surface area contributed by atoms with Crippen molar-refractivity contribution in [3.05, 3.63) is 24.3 Å². The zero-order valence-corrected chi connectivity index (χ0v) is 9.45. The van der Waals surface area contributed by atoms with Crippen LogP contribution in [0, 0.1) is 11.8 Å². The van der Waals surface area contributed by atoms with E-state index in [0.717, 1.165) is 0 Å². The molecule has 0 saturated carbocycles. The monoisotopic (exact) mass is 182 g/mol. The SMILES string of the molecule is C/C=C/C=C/C(C)C(OC)C(C)C. The minimum absolute atomic E-state index is 0.321. The summed E-state index contributed by atoms with van der Waals surface area (Å²) in [7, 11) is 1.78. The van der Waals surface area contributed by atoms with Gasteiger partial charge in [-0.2, -0.15) is 0 Å². The molecule has 0 bridgehead atoms. The standard InChI is InChI=1S/C12H22O/c1-6-7-8-9-11(4)12(13-5)10(2)3/h6-12H,1-5H3/b7-6+,9-8+. The number of ether oxygens (including phenoxy) is 1. The number of allylic oxidation sites excluding steroid dienone is 3. The second-order valence-electron chi connectivity index (χ2n) is 3.71. The van der Waals surface area contributed by atoms with Gasteiger partial charge in [0.1, 0.15) is 0 Å². The zero-order chi connectivity index (χ0) is 10.3. The minimum Gasteiger partial charge on any atom is -0.381 e. The van der Waals surface area contributed by atoms with Gasteiger partial charge in [0, 0.05) is 13.0 Å². The van der Waals surface area contributed by atoms with E-state index in [1.54, 1.807) is 7.11 Å². The fourth-order valence-corrected chi connectivity index (χ4v) is 1.55. The first-order valence-corrected chi connectivity index (χ1v) is 4.95. The van der Waals surface area contributed by atoms with E-state index in [1.165, 1.54) is 0 Å². The average molecular weight is 182 g/mol. The molecule has 0 fully saturated rings. The Morgan fingerprint density at radius 2 is 1.69 bits per heavy atom. The van der Waals surface area contributed by atoms with Gasteiger partial charge in [-0.05, 0) is 12.8 Å². The highest BCUT2D eigenvalue weighted by Gasteiger charge is 2.17. The van der Waals surface area contributed by atoms with Gasteiger partial charge < -0.3 is 4.74 Å². The summed E-state index contributed by atoms with van der Waals surface area (Å²) in [5.41, 5.74) is 0. The van der Waals surface area contributed by atoms with E-state index in [0.29, 0.717) is 17.9 Å². The van der Waals surface area contributed by atoms with Crippen molar-refractivity contribution in [1.82, 2.24) is 0 Å². The molecule has 13 heavy (non-hydrogen) atoms. The molecule has 2 unspecified atom stereocenters. The summed E-state index contributed by atoms with van der Waals surface area (Å²) in [6.45, 7) is 8.59. The van der Waals surface area contributed by atoms with Crippen molar-refractivity contribution in [2.24, 2.45) is 11.8 Å². The summed E-state index contributed by atoms with van der Waals surface area (Å²) in [6.07, 6.45) is 8.67. The van der Waals surface area contributed by atoms with Crippen molar-refractivity contribution in [2.45, 2.75) is 33.8 Å². The van der Waals surface area contributed by atoms with Crippen LogP contribution in [0.15, 0.2) is 24.3 Å². The fourth-order valence-electron chi connectivity index (χ4n) is 1.55. The number of hydrogen-bond acceptors (Lipinski definition) is 1. The Bertz CT molecular complexity index is 168. The summed E-state index contributed by atoms with van der Waals surface area (Å²) in [5, 5.41) is 0. The van der Waals surface area contributed by atoms with Crippen LogP contribution in [-0.4, -0.2) is 13.2 Å². The van der Waals surface area contributed by atoms with Crippen LogP contribution < -0.4 is 0 Å². The van der Waals surface area contributed by atoms with Gasteiger partial charge >= 0.3 is 0 Å². The van der Waals surface area contributed by atoms with Crippen LogP contribution >= 0.6 is 0 Å². The average Bonchev–Trinajstić information content (AvgIpc) is 2.05. The molecule has 1 nitrogen and oxygen atoms in total. The van der Waals surface area contributed by atoms with E-state index in [9.17, 15) is 0 Å². The Hall–Kier alpha value is -0.560. The van der Waals surface area contributed by atoms with Crippen LogP contribution in [0.2, 0.25) is 0 Å². The Labute approximate surface area is 82.5 Å². The Balaban J connectivity index is 4.12. The lowest BCUT2D eigenvalue weighted by Gasteiger charge is -2.23.